The third-order valence-corrected chi connectivity index (χ3v) is 5.12. The van der Waals surface area contributed by atoms with E-state index >= 15 is 0 Å². The van der Waals surface area contributed by atoms with Gasteiger partial charge in [0.15, 0.2) is 5.65 Å². The minimum absolute atomic E-state index is 0.0827. The molecule has 1 atom stereocenters. The number of fused-ring (bicyclic) bond motifs is 1. The maximum Gasteiger partial charge on any atom is 0.220 e. The molecule has 6 nitrogen and oxygen atoms in total. The molecule has 146 valence electrons. The number of rotatable bonds is 8. The van der Waals surface area contributed by atoms with Crippen LogP contribution in [0.1, 0.15) is 37.1 Å². The summed E-state index contributed by atoms with van der Waals surface area (Å²) in [6.45, 7) is 2.16. The molecule has 1 N–H and O–H groups in total. The number of imidazole rings is 1. The van der Waals surface area contributed by atoms with E-state index in [0.29, 0.717) is 13.0 Å². The van der Waals surface area contributed by atoms with E-state index in [4.69, 9.17) is 9.72 Å². The highest BCUT2D eigenvalue weighted by atomic mass is 16.5. The number of ether oxygens (including phenoxy) is 1. The average Bonchev–Trinajstić information content (AvgIpc) is 3.36. The van der Waals surface area contributed by atoms with Crippen LogP contribution in [0.25, 0.3) is 11.2 Å². The van der Waals surface area contributed by atoms with Crippen molar-refractivity contribution in [3.05, 3.63) is 60.0 Å². The zero-order chi connectivity index (χ0) is 19.2. The lowest BCUT2D eigenvalue weighted by Gasteiger charge is -2.11. The summed E-state index contributed by atoms with van der Waals surface area (Å²) in [5.74, 6) is 1.06. The largest absolute Gasteiger partial charge is 0.376 e. The van der Waals surface area contributed by atoms with Crippen LogP contribution in [-0.2, 0) is 22.5 Å². The van der Waals surface area contributed by atoms with Crippen molar-refractivity contribution >= 4 is 17.1 Å². The number of benzene rings is 1. The van der Waals surface area contributed by atoms with Crippen LogP contribution >= 0.6 is 0 Å². The first kappa shape index (κ1) is 18.6. The summed E-state index contributed by atoms with van der Waals surface area (Å²) >= 11 is 0. The Hall–Kier alpha value is -2.73. The molecule has 3 heterocycles. The molecule has 2 aromatic heterocycles. The molecule has 0 aliphatic carbocycles. The molecule has 1 amide bonds. The standard InChI is InChI=1S/C22H26N4O2/c27-21(24-15-18-9-6-14-28-18)12-4-11-20-25-19-10-5-13-23-22(19)26(20)16-17-7-2-1-3-8-17/h1-3,5,7-8,10,13,18H,4,6,9,11-12,14-16H2,(H,24,27). The molecule has 1 saturated heterocycles. The molecule has 0 bridgehead atoms. The summed E-state index contributed by atoms with van der Waals surface area (Å²) in [7, 11) is 0. The van der Waals surface area contributed by atoms with Crippen LogP contribution in [0.4, 0.5) is 0 Å². The van der Waals surface area contributed by atoms with Crippen molar-refractivity contribution in [3.8, 4) is 0 Å². The zero-order valence-corrected chi connectivity index (χ0v) is 16.0. The van der Waals surface area contributed by atoms with Gasteiger partial charge in [0.05, 0.1) is 12.6 Å². The fourth-order valence-electron chi connectivity index (χ4n) is 3.66. The minimum Gasteiger partial charge on any atom is -0.376 e. The quantitative estimate of drug-likeness (QED) is 0.654. The Morgan fingerprint density at radius 3 is 2.93 bits per heavy atom. The molecule has 1 unspecified atom stereocenters. The van der Waals surface area contributed by atoms with Gasteiger partial charge in [0.1, 0.15) is 11.3 Å². The number of aryl methyl sites for hydroxylation is 1. The number of nitrogens with one attached hydrogen (secondary N) is 1. The van der Waals surface area contributed by atoms with E-state index in [1.54, 1.807) is 6.20 Å². The normalized spacial score (nSPS) is 16.5. The van der Waals surface area contributed by atoms with Gasteiger partial charge in [-0.15, -0.1) is 0 Å². The van der Waals surface area contributed by atoms with Gasteiger partial charge in [-0.3, -0.25) is 4.79 Å². The predicted molar refractivity (Wildman–Crippen MR) is 108 cm³/mol. The van der Waals surface area contributed by atoms with E-state index in [9.17, 15) is 4.79 Å². The van der Waals surface area contributed by atoms with E-state index in [-0.39, 0.29) is 12.0 Å². The molecule has 1 aromatic carbocycles. The van der Waals surface area contributed by atoms with Crippen LogP contribution < -0.4 is 5.32 Å². The molecule has 28 heavy (non-hydrogen) atoms. The van der Waals surface area contributed by atoms with Crippen LogP contribution in [0.15, 0.2) is 48.7 Å². The highest BCUT2D eigenvalue weighted by Crippen LogP contribution is 2.17. The van der Waals surface area contributed by atoms with Crippen molar-refractivity contribution in [1.82, 2.24) is 19.9 Å². The van der Waals surface area contributed by atoms with E-state index in [1.165, 1.54) is 5.56 Å². The Balaban J connectivity index is 1.38. The highest BCUT2D eigenvalue weighted by Gasteiger charge is 2.16. The summed E-state index contributed by atoms with van der Waals surface area (Å²) in [4.78, 5) is 21.4. The average molecular weight is 378 g/mol. The second kappa shape index (κ2) is 8.97. The fraction of sp³-hybridized carbons (Fsp3) is 0.409. The number of hydrogen-bond donors (Lipinski definition) is 1. The predicted octanol–water partition coefficient (Wildman–Crippen LogP) is 3.10. The lowest BCUT2D eigenvalue weighted by atomic mass is 10.2. The van der Waals surface area contributed by atoms with Crippen LogP contribution in [-0.4, -0.2) is 39.7 Å². The number of amides is 1. The van der Waals surface area contributed by atoms with Gasteiger partial charge in [-0.1, -0.05) is 30.3 Å². The van der Waals surface area contributed by atoms with Crippen LogP contribution in [0.2, 0.25) is 0 Å². The highest BCUT2D eigenvalue weighted by molar-refractivity contribution is 5.76. The molecule has 0 spiro atoms. The fourth-order valence-corrected chi connectivity index (χ4v) is 3.66. The smallest absolute Gasteiger partial charge is 0.220 e. The van der Waals surface area contributed by atoms with Crippen LogP contribution in [0.5, 0.6) is 0 Å². The van der Waals surface area contributed by atoms with Crippen molar-refractivity contribution in [1.29, 1.82) is 0 Å². The SMILES string of the molecule is O=C(CCCc1nc2cccnc2n1Cc1ccccc1)NCC1CCCO1. The van der Waals surface area contributed by atoms with Gasteiger partial charge in [0.2, 0.25) is 5.91 Å². The number of aromatic nitrogens is 3. The first-order valence-corrected chi connectivity index (χ1v) is 10.0. The summed E-state index contributed by atoms with van der Waals surface area (Å²) in [5.41, 5.74) is 3.00. The summed E-state index contributed by atoms with van der Waals surface area (Å²) in [5, 5.41) is 2.99. The van der Waals surface area contributed by atoms with Gasteiger partial charge in [-0.05, 0) is 37.0 Å². The summed E-state index contributed by atoms with van der Waals surface area (Å²) in [6.07, 6.45) is 6.11. The lowest BCUT2D eigenvalue weighted by Crippen LogP contribution is -2.31. The van der Waals surface area contributed by atoms with E-state index < -0.39 is 0 Å². The molecule has 1 aliphatic heterocycles. The number of carbonyl (C=O) groups excluding carboxylic acids is 1. The second-order valence-corrected chi connectivity index (χ2v) is 7.24. The second-order valence-electron chi connectivity index (χ2n) is 7.24. The molecule has 0 saturated carbocycles. The number of carbonyl (C=O) groups is 1. The van der Waals surface area contributed by atoms with Crippen LogP contribution in [0, 0.1) is 0 Å². The van der Waals surface area contributed by atoms with Gasteiger partial charge >= 0.3 is 0 Å². The zero-order valence-electron chi connectivity index (χ0n) is 16.0. The van der Waals surface area contributed by atoms with E-state index in [0.717, 1.165) is 55.8 Å². The van der Waals surface area contributed by atoms with Crippen molar-refractivity contribution in [2.24, 2.45) is 0 Å². The molecule has 1 fully saturated rings. The van der Waals surface area contributed by atoms with Gasteiger partial charge in [0.25, 0.3) is 0 Å². The topological polar surface area (TPSA) is 69.0 Å². The minimum atomic E-state index is 0.0827. The molecule has 3 aromatic rings. The lowest BCUT2D eigenvalue weighted by molar-refractivity contribution is -0.121. The third kappa shape index (κ3) is 4.57. The Bertz CT molecular complexity index is 917. The first-order chi connectivity index (χ1) is 13.8. The number of pyridine rings is 1. The van der Waals surface area contributed by atoms with Crippen molar-refractivity contribution in [2.45, 2.75) is 44.8 Å². The maximum atomic E-state index is 12.1. The maximum absolute atomic E-state index is 12.1. The number of nitrogens with zero attached hydrogens (tertiary/aromatic N) is 3. The Morgan fingerprint density at radius 1 is 1.21 bits per heavy atom. The van der Waals surface area contributed by atoms with E-state index in [2.05, 4.69) is 27.0 Å². The first-order valence-electron chi connectivity index (χ1n) is 10.0. The van der Waals surface area contributed by atoms with E-state index in [1.807, 2.05) is 30.3 Å². The van der Waals surface area contributed by atoms with Crippen LogP contribution in [0.3, 0.4) is 0 Å². The molecule has 4 rings (SSSR count). The Labute approximate surface area is 164 Å². The Morgan fingerprint density at radius 2 is 2.11 bits per heavy atom. The van der Waals surface area contributed by atoms with Gasteiger partial charge in [-0.25, -0.2) is 9.97 Å². The molecular weight excluding hydrogens is 352 g/mol. The van der Waals surface area contributed by atoms with Gasteiger partial charge in [-0.2, -0.15) is 0 Å². The summed E-state index contributed by atoms with van der Waals surface area (Å²) < 4.78 is 7.71. The Kier molecular flexibility index (Phi) is 5.97. The van der Waals surface area contributed by atoms with Crippen molar-refractivity contribution in [3.63, 3.8) is 0 Å². The molecule has 1 aliphatic rings. The molecular formula is C22H26N4O2. The monoisotopic (exact) mass is 378 g/mol. The molecule has 0 radical (unpaired) electrons. The van der Waals surface area contributed by atoms with Crippen molar-refractivity contribution in [2.75, 3.05) is 13.2 Å². The number of hydrogen-bond acceptors (Lipinski definition) is 4. The van der Waals surface area contributed by atoms with Gasteiger partial charge < -0.3 is 14.6 Å². The van der Waals surface area contributed by atoms with Gasteiger partial charge in [0, 0.05) is 32.2 Å². The van der Waals surface area contributed by atoms with Crippen molar-refractivity contribution < 1.29 is 9.53 Å². The third-order valence-electron chi connectivity index (χ3n) is 5.12. The molecule has 6 heteroatoms. The summed E-state index contributed by atoms with van der Waals surface area (Å²) in [6, 6.07) is 14.2.